The van der Waals surface area contributed by atoms with Gasteiger partial charge in [-0.3, -0.25) is 14.4 Å². The molecule has 2 aromatic carbocycles. The largest absolute Gasteiger partial charge is 0.494 e. The monoisotopic (exact) mass is 469 g/mol. The molecule has 0 unspecified atom stereocenters. The number of aromatic hydroxyl groups is 1. The number of aromatic nitrogens is 1. The maximum absolute atomic E-state index is 12.7. The molecule has 1 N–H and O–H groups in total. The topological polar surface area (TPSA) is 78.4 Å². The van der Waals surface area contributed by atoms with Crippen molar-refractivity contribution in [2.24, 2.45) is 4.99 Å². The number of aliphatic imine (C=N–C) groups is 1. The Morgan fingerprint density at radius 1 is 1.19 bits per heavy atom. The third kappa shape index (κ3) is 3.93. The van der Waals surface area contributed by atoms with Gasteiger partial charge in [-0.15, -0.1) is 0 Å². The summed E-state index contributed by atoms with van der Waals surface area (Å²) in [6, 6.07) is 18.8. The number of rotatable bonds is 4. The first kappa shape index (κ1) is 18.9. The Labute approximate surface area is 170 Å². The maximum atomic E-state index is 12.7. The van der Waals surface area contributed by atoms with Gasteiger partial charge in [0, 0.05) is 9.78 Å². The first-order chi connectivity index (χ1) is 13.0. The third-order valence-corrected chi connectivity index (χ3v) is 5.13. The lowest BCUT2D eigenvalue weighted by Gasteiger charge is -2.14. The van der Waals surface area contributed by atoms with Gasteiger partial charge in [0.1, 0.15) is 11.6 Å². The van der Waals surface area contributed by atoms with Crippen molar-refractivity contribution < 1.29 is 5.11 Å². The van der Waals surface area contributed by atoms with E-state index in [0.29, 0.717) is 11.1 Å². The van der Waals surface area contributed by atoms with Crippen LogP contribution in [0.5, 0.6) is 5.88 Å². The van der Waals surface area contributed by atoms with E-state index in [2.05, 4.69) is 27.6 Å². The van der Waals surface area contributed by atoms with Gasteiger partial charge in [-0.25, -0.2) is 0 Å². The van der Waals surface area contributed by atoms with Crippen LogP contribution in [0.3, 0.4) is 0 Å². The van der Waals surface area contributed by atoms with Gasteiger partial charge < -0.3 is 5.11 Å². The molecular formula is C21H16IN3O2. The Morgan fingerprint density at radius 2 is 1.85 bits per heavy atom. The highest BCUT2D eigenvalue weighted by Gasteiger charge is 2.18. The highest BCUT2D eigenvalue weighted by Crippen LogP contribution is 2.24. The molecule has 0 bridgehead atoms. The number of pyridine rings is 1. The summed E-state index contributed by atoms with van der Waals surface area (Å²) >= 11 is 2.18. The van der Waals surface area contributed by atoms with Gasteiger partial charge in [0.15, 0.2) is 0 Å². The molecule has 1 heterocycles. The van der Waals surface area contributed by atoms with Gasteiger partial charge in [0.05, 0.1) is 17.8 Å². The smallest absolute Gasteiger partial charge is 0.271 e. The summed E-state index contributed by atoms with van der Waals surface area (Å²) in [5.74, 6) is -0.199. The zero-order valence-electron chi connectivity index (χ0n) is 14.6. The fraction of sp³-hybridized carbons (Fsp3) is 0.0952. The van der Waals surface area contributed by atoms with E-state index >= 15 is 0 Å². The molecule has 0 atom stereocenters. The Hall–Kier alpha value is -2.92. The van der Waals surface area contributed by atoms with Crippen molar-refractivity contribution >= 4 is 34.5 Å². The first-order valence-electron chi connectivity index (χ1n) is 8.22. The summed E-state index contributed by atoms with van der Waals surface area (Å²) in [4.78, 5) is 17.1. The maximum Gasteiger partial charge on any atom is 0.271 e. The van der Waals surface area contributed by atoms with Gasteiger partial charge in [-0.1, -0.05) is 42.5 Å². The summed E-state index contributed by atoms with van der Waals surface area (Å²) in [6.07, 6.45) is 1.50. The molecule has 134 valence electrons. The van der Waals surface area contributed by atoms with Gasteiger partial charge in [-0.2, -0.15) is 5.26 Å². The number of nitriles is 1. The molecule has 3 aromatic rings. The van der Waals surface area contributed by atoms with Crippen LogP contribution in [0.15, 0.2) is 64.4 Å². The van der Waals surface area contributed by atoms with E-state index in [1.807, 2.05) is 60.7 Å². The molecule has 3 rings (SSSR count). The second-order valence-corrected chi connectivity index (χ2v) is 7.10. The average Bonchev–Trinajstić information content (AvgIpc) is 2.67. The quantitative estimate of drug-likeness (QED) is 0.461. The van der Waals surface area contributed by atoms with Gasteiger partial charge in [0.2, 0.25) is 5.88 Å². The van der Waals surface area contributed by atoms with E-state index in [1.165, 1.54) is 10.8 Å². The second kappa shape index (κ2) is 8.18. The SMILES string of the molecule is Cc1c(C=Nc2ccccc2I)c(O)n(Cc2ccccc2)c(=O)c1C#N. The molecule has 0 spiro atoms. The Bertz CT molecular complexity index is 1110. The molecule has 0 saturated carbocycles. The molecule has 0 aliphatic carbocycles. The van der Waals surface area contributed by atoms with Crippen molar-refractivity contribution in [3.05, 3.63) is 90.8 Å². The zero-order valence-corrected chi connectivity index (χ0v) is 16.7. The van der Waals surface area contributed by atoms with Crippen molar-refractivity contribution in [2.75, 3.05) is 0 Å². The van der Waals surface area contributed by atoms with Gasteiger partial charge in [-0.05, 0) is 52.8 Å². The highest BCUT2D eigenvalue weighted by molar-refractivity contribution is 14.1. The first-order valence-corrected chi connectivity index (χ1v) is 9.29. The molecule has 0 fully saturated rings. The van der Waals surface area contributed by atoms with E-state index in [-0.39, 0.29) is 18.0 Å². The molecule has 27 heavy (non-hydrogen) atoms. The van der Waals surface area contributed by atoms with E-state index < -0.39 is 5.56 Å². The summed E-state index contributed by atoms with van der Waals surface area (Å²) in [5.41, 5.74) is 1.87. The lowest BCUT2D eigenvalue weighted by molar-refractivity contribution is 0.413. The minimum absolute atomic E-state index is 0.00735. The van der Waals surface area contributed by atoms with Crippen molar-refractivity contribution in [3.8, 4) is 11.9 Å². The fourth-order valence-electron chi connectivity index (χ4n) is 2.73. The Balaban J connectivity index is 2.14. The predicted octanol–water partition coefficient (Wildman–Crippen LogP) is 4.14. The molecule has 6 heteroatoms. The van der Waals surface area contributed by atoms with Crippen molar-refractivity contribution in [1.29, 1.82) is 5.26 Å². The van der Waals surface area contributed by atoms with Crippen LogP contribution >= 0.6 is 22.6 Å². The summed E-state index contributed by atoms with van der Waals surface area (Å²) in [6.45, 7) is 1.81. The van der Waals surface area contributed by atoms with Crippen molar-refractivity contribution in [2.45, 2.75) is 13.5 Å². The number of halogens is 1. The number of benzene rings is 2. The number of hydrogen-bond acceptors (Lipinski definition) is 4. The fourth-order valence-corrected chi connectivity index (χ4v) is 3.26. The number of nitrogens with zero attached hydrogens (tertiary/aromatic N) is 3. The number of hydrogen-bond donors (Lipinski definition) is 1. The van der Waals surface area contributed by atoms with Crippen LogP contribution in [0.4, 0.5) is 5.69 Å². The van der Waals surface area contributed by atoms with E-state index in [1.54, 1.807) is 6.92 Å². The Morgan fingerprint density at radius 3 is 2.52 bits per heavy atom. The molecule has 0 radical (unpaired) electrons. The molecule has 5 nitrogen and oxygen atoms in total. The molecule has 0 aliphatic rings. The molecular weight excluding hydrogens is 453 g/mol. The highest BCUT2D eigenvalue weighted by atomic mass is 127. The minimum Gasteiger partial charge on any atom is -0.494 e. The van der Waals surface area contributed by atoms with Crippen LogP contribution in [-0.4, -0.2) is 15.9 Å². The van der Waals surface area contributed by atoms with Crippen LogP contribution in [0.1, 0.15) is 22.3 Å². The van der Waals surface area contributed by atoms with Crippen molar-refractivity contribution in [3.63, 3.8) is 0 Å². The summed E-state index contributed by atoms with van der Waals surface area (Å²) in [7, 11) is 0. The van der Waals surface area contributed by atoms with Crippen LogP contribution < -0.4 is 5.56 Å². The molecule has 1 aromatic heterocycles. The van der Waals surface area contributed by atoms with E-state index in [0.717, 1.165) is 14.8 Å². The Kier molecular flexibility index (Phi) is 5.72. The lowest BCUT2D eigenvalue weighted by Crippen LogP contribution is -2.25. The average molecular weight is 469 g/mol. The predicted molar refractivity (Wildman–Crippen MR) is 114 cm³/mol. The van der Waals surface area contributed by atoms with Gasteiger partial charge in [0.25, 0.3) is 5.56 Å². The zero-order chi connectivity index (χ0) is 19.4. The van der Waals surface area contributed by atoms with E-state index in [9.17, 15) is 15.2 Å². The number of para-hydroxylation sites is 1. The third-order valence-electron chi connectivity index (χ3n) is 4.22. The minimum atomic E-state index is -0.511. The van der Waals surface area contributed by atoms with Crippen LogP contribution in [0.25, 0.3) is 0 Å². The van der Waals surface area contributed by atoms with Crippen LogP contribution in [0.2, 0.25) is 0 Å². The molecule has 0 saturated heterocycles. The van der Waals surface area contributed by atoms with E-state index in [4.69, 9.17) is 0 Å². The van der Waals surface area contributed by atoms with Crippen LogP contribution in [0, 0.1) is 21.8 Å². The lowest BCUT2D eigenvalue weighted by atomic mass is 10.1. The summed E-state index contributed by atoms with van der Waals surface area (Å²) < 4.78 is 2.17. The molecule has 0 aliphatic heterocycles. The van der Waals surface area contributed by atoms with Crippen molar-refractivity contribution in [1.82, 2.24) is 4.57 Å². The standard InChI is InChI=1S/C21H16IN3O2/c1-14-16(11-23)20(26)25(13-15-7-3-2-4-8-15)21(27)17(14)12-24-19-10-6-5-9-18(19)22/h2-10,12,27H,13H2,1H3. The van der Waals surface area contributed by atoms with Gasteiger partial charge >= 0.3 is 0 Å². The summed E-state index contributed by atoms with van der Waals surface area (Å²) in [5, 5.41) is 20.2. The van der Waals surface area contributed by atoms with Crippen LogP contribution in [-0.2, 0) is 6.54 Å². The normalized spacial score (nSPS) is 10.9. The molecule has 0 amide bonds. The second-order valence-electron chi connectivity index (χ2n) is 5.94.